The van der Waals surface area contributed by atoms with Gasteiger partial charge in [-0.2, -0.15) is 0 Å². The number of nitrogens with zero attached hydrogens (tertiary/aromatic N) is 2. The van der Waals surface area contributed by atoms with E-state index in [2.05, 4.69) is 4.98 Å². The summed E-state index contributed by atoms with van der Waals surface area (Å²) in [6.07, 6.45) is 5.36. The first-order valence-electron chi connectivity index (χ1n) is 13.7. The SMILES string of the molecule is Cc1cc(OC(C)c2c(F)cccc2F)c2nc(C)c(C(=O)C[C@@H]3CCCC[C@H]3CC(=O)OC(C)(C)C)n2c1. The van der Waals surface area contributed by atoms with Crippen LogP contribution in [0.1, 0.15) is 99.6 Å². The second kappa shape index (κ2) is 11.4. The number of fused-ring (bicyclic) bond motifs is 1. The number of pyridine rings is 1. The number of hydrogen-bond acceptors (Lipinski definition) is 5. The highest BCUT2D eigenvalue weighted by Gasteiger charge is 2.32. The third kappa shape index (κ3) is 6.65. The molecule has 0 aliphatic heterocycles. The Balaban J connectivity index is 1.59. The lowest BCUT2D eigenvalue weighted by atomic mass is 9.75. The number of esters is 1. The van der Waals surface area contributed by atoms with Crippen molar-refractivity contribution in [2.75, 3.05) is 0 Å². The lowest BCUT2D eigenvalue weighted by Crippen LogP contribution is -2.29. The van der Waals surface area contributed by atoms with Crippen LogP contribution in [0.15, 0.2) is 30.5 Å². The molecule has 1 unspecified atom stereocenters. The number of carbonyl (C=O) groups excluding carboxylic acids is 2. The second-order valence-corrected chi connectivity index (χ2v) is 11.7. The summed E-state index contributed by atoms with van der Waals surface area (Å²) >= 11 is 0. The Hall–Kier alpha value is -3.29. The molecule has 2 heterocycles. The van der Waals surface area contributed by atoms with Crippen molar-refractivity contribution in [3.05, 3.63) is 64.6 Å². The first-order chi connectivity index (χ1) is 18.3. The lowest BCUT2D eigenvalue weighted by Gasteiger charge is -2.31. The van der Waals surface area contributed by atoms with E-state index in [1.54, 1.807) is 24.3 Å². The molecule has 0 saturated heterocycles. The normalized spacial score (nSPS) is 18.7. The van der Waals surface area contributed by atoms with Crippen molar-refractivity contribution in [3.8, 4) is 5.75 Å². The van der Waals surface area contributed by atoms with Crippen molar-refractivity contribution in [2.24, 2.45) is 11.8 Å². The molecular formula is C31H38F2N2O4. The maximum absolute atomic E-state index is 14.4. The van der Waals surface area contributed by atoms with Gasteiger partial charge in [-0.25, -0.2) is 13.8 Å². The average Bonchev–Trinajstić information content (AvgIpc) is 3.15. The van der Waals surface area contributed by atoms with Gasteiger partial charge in [-0.3, -0.25) is 14.0 Å². The van der Waals surface area contributed by atoms with Crippen molar-refractivity contribution in [1.29, 1.82) is 0 Å². The molecule has 1 fully saturated rings. The molecule has 8 heteroatoms. The zero-order chi connectivity index (χ0) is 28.5. The Morgan fingerprint density at radius 1 is 1.08 bits per heavy atom. The third-order valence-corrected chi connectivity index (χ3v) is 7.33. The maximum atomic E-state index is 14.4. The molecule has 0 radical (unpaired) electrons. The fraction of sp³-hybridized carbons (Fsp3) is 0.516. The molecule has 2 aromatic heterocycles. The monoisotopic (exact) mass is 540 g/mol. The van der Waals surface area contributed by atoms with E-state index in [1.807, 2.05) is 33.9 Å². The van der Waals surface area contributed by atoms with Gasteiger partial charge >= 0.3 is 5.97 Å². The zero-order valence-electron chi connectivity index (χ0n) is 23.6. The second-order valence-electron chi connectivity index (χ2n) is 11.7. The largest absolute Gasteiger partial charge is 0.482 e. The van der Waals surface area contributed by atoms with E-state index in [0.29, 0.717) is 35.6 Å². The summed E-state index contributed by atoms with van der Waals surface area (Å²) in [5, 5.41) is 0. The molecule has 6 nitrogen and oxygen atoms in total. The maximum Gasteiger partial charge on any atom is 0.306 e. The van der Waals surface area contributed by atoms with Crippen LogP contribution in [0.2, 0.25) is 0 Å². The molecule has 3 aromatic rings. The van der Waals surface area contributed by atoms with Gasteiger partial charge in [0.05, 0.1) is 11.3 Å². The Morgan fingerprint density at radius 2 is 1.69 bits per heavy atom. The van der Waals surface area contributed by atoms with Crippen molar-refractivity contribution < 1.29 is 27.8 Å². The van der Waals surface area contributed by atoms with Crippen molar-refractivity contribution >= 4 is 17.4 Å². The molecule has 0 amide bonds. The van der Waals surface area contributed by atoms with E-state index in [-0.39, 0.29) is 29.2 Å². The highest BCUT2D eigenvalue weighted by atomic mass is 19.1. The van der Waals surface area contributed by atoms with Gasteiger partial charge in [0, 0.05) is 19.0 Å². The van der Waals surface area contributed by atoms with E-state index in [4.69, 9.17) is 9.47 Å². The minimum absolute atomic E-state index is 0.0502. The van der Waals surface area contributed by atoms with Crippen LogP contribution in [-0.4, -0.2) is 26.7 Å². The number of aryl methyl sites for hydroxylation is 2. The molecule has 0 bridgehead atoms. The predicted octanol–water partition coefficient (Wildman–Crippen LogP) is 7.48. The van der Waals surface area contributed by atoms with E-state index >= 15 is 0 Å². The van der Waals surface area contributed by atoms with E-state index in [1.165, 1.54) is 18.2 Å². The first kappa shape index (κ1) is 28.7. The molecule has 4 rings (SSSR count). The predicted molar refractivity (Wildman–Crippen MR) is 145 cm³/mol. The van der Waals surface area contributed by atoms with E-state index in [0.717, 1.165) is 31.2 Å². The summed E-state index contributed by atoms with van der Waals surface area (Å²) in [7, 11) is 0. The summed E-state index contributed by atoms with van der Waals surface area (Å²) in [5.74, 6) is -1.14. The van der Waals surface area contributed by atoms with Gasteiger partial charge in [0.25, 0.3) is 0 Å². The fourth-order valence-corrected chi connectivity index (χ4v) is 5.68. The van der Waals surface area contributed by atoms with Crippen molar-refractivity contribution in [3.63, 3.8) is 0 Å². The first-order valence-corrected chi connectivity index (χ1v) is 13.7. The highest BCUT2D eigenvalue weighted by molar-refractivity contribution is 5.97. The number of benzene rings is 1. The lowest BCUT2D eigenvalue weighted by molar-refractivity contribution is -0.156. The zero-order valence-corrected chi connectivity index (χ0v) is 23.6. The minimum Gasteiger partial charge on any atom is -0.482 e. The summed E-state index contributed by atoms with van der Waals surface area (Å²) < 4.78 is 42.0. The number of imidazole rings is 1. The van der Waals surface area contributed by atoms with Crippen LogP contribution in [-0.2, 0) is 9.53 Å². The van der Waals surface area contributed by atoms with Crippen LogP contribution in [0.25, 0.3) is 5.65 Å². The Labute approximate surface area is 228 Å². The average molecular weight is 541 g/mol. The smallest absolute Gasteiger partial charge is 0.306 e. The number of aromatic nitrogens is 2. The molecule has 0 spiro atoms. The Kier molecular flexibility index (Phi) is 8.42. The fourth-order valence-electron chi connectivity index (χ4n) is 5.68. The number of rotatable bonds is 8. The number of halogens is 2. The highest BCUT2D eigenvalue weighted by Crippen LogP contribution is 2.37. The summed E-state index contributed by atoms with van der Waals surface area (Å²) in [4.78, 5) is 30.9. The van der Waals surface area contributed by atoms with Crippen molar-refractivity contribution in [1.82, 2.24) is 9.38 Å². The van der Waals surface area contributed by atoms with Gasteiger partial charge < -0.3 is 9.47 Å². The Bertz CT molecular complexity index is 1350. The van der Waals surface area contributed by atoms with Gasteiger partial charge in [0.2, 0.25) is 0 Å². The van der Waals surface area contributed by atoms with Gasteiger partial charge in [-0.15, -0.1) is 0 Å². The topological polar surface area (TPSA) is 69.9 Å². The molecule has 3 atom stereocenters. The molecular weight excluding hydrogens is 502 g/mol. The van der Waals surface area contributed by atoms with Crippen LogP contribution in [0.5, 0.6) is 5.75 Å². The van der Waals surface area contributed by atoms with Gasteiger partial charge in [0.15, 0.2) is 17.2 Å². The van der Waals surface area contributed by atoms with Crippen LogP contribution >= 0.6 is 0 Å². The number of ether oxygens (including phenoxy) is 2. The number of carbonyl (C=O) groups is 2. The van der Waals surface area contributed by atoms with Crippen LogP contribution in [0.3, 0.4) is 0 Å². The van der Waals surface area contributed by atoms with Crippen LogP contribution in [0, 0.1) is 37.3 Å². The molecule has 1 aliphatic rings. The molecule has 1 aliphatic carbocycles. The molecule has 39 heavy (non-hydrogen) atoms. The summed E-state index contributed by atoms with van der Waals surface area (Å²) in [6, 6.07) is 5.46. The molecule has 210 valence electrons. The minimum atomic E-state index is -0.913. The summed E-state index contributed by atoms with van der Waals surface area (Å²) in [5.41, 5.74) is 1.54. The van der Waals surface area contributed by atoms with Gasteiger partial charge in [-0.1, -0.05) is 18.9 Å². The number of Topliss-reactive ketones (excluding diaryl/α,β-unsaturated/α-hetero) is 1. The standard InChI is InChI=1S/C31H38F2N2O4/c1-18-14-26(38-20(3)28-23(32)12-9-13-24(28)33)30-34-19(2)29(35(30)17-18)25(36)15-21-10-7-8-11-22(21)16-27(37)39-31(4,5)6/h9,12-14,17,20-22H,7-8,10-11,15-16H2,1-6H3/t20?,21-,22-/m0/s1. The quantitative estimate of drug-likeness (QED) is 0.219. The van der Waals surface area contributed by atoms with Crippen LogP contribution in [0.4, 0.5) is 8.78 Å². The summed E-state index contributed by atoms with van der Waals surface area (Å²) in [6.45, 7) is 10.8. The van der Waals surface area contributed by atoms with Crippen molar-refractivity contribution in [2.45, 2.75) is 91.8 Å². The molecule has 1 saturated carbocycles. The third-order valence-electron chi connectivity index (χ3n) is 7.33. The number of ketones is 1. The van der Waals surface area contributed by atoms with Gasteiger partial charge in [0.1, 0.15) is 29.0 Å². The molecule has 1 aromatic carbocycles. The molecule has 0 N–H and O–H groups in total. The van der Waals surface area contributed by atoms with E-state index in [9.17, 15) is 18.4 Å². The van der Waals surface area contributed by atoms with Crippen LogP contribution < -0.4 is 4.74 Å². The van der Waals surface area contributed by atoms with E-state index < -0.39 is 23.3 Å². The Morgan fingerprint density at radius 3 is 2.31 bits per heavy atom. The number of hydrogen-bond donors (Lipinski definition) is 0. The van der Waals surface area contributed by atoms with Gasteiger partial charge in [-0.05, 0) is 90.0 Å².